The highest BCUT2D eigenvalue weighted by atomic mass is 16.5. The Morgan fingerprint density at radius 1 is 1.12 bits per heavy atom. The van der Waals surface area contributed by atoms with Gasteiger partial charge in [-0.25, -0.2) is 9.59 Å². The van der Waals surface area contributed by atoms with Crippen molar-refractivity contribution in [3.8, 4) is 0 Å². The number of carbonyl (C=O) groups is 3. The second-order valence-corrected chi connectivity index (χ2v) is 5.18. The smallest absolute Gasteiger partial charge is 0.408 e. The van der Waals surface area contributed by atoms with Crippen molar-refractivity contribution in [2.75, 3.05) is 7.11 Å². The third-order valence-corrected chi connectivity index (χ3v) is 3.16. The molecule has 0 saturated heterocycles. The predicted octanol–water partition coefficient (Wildman–Crippen LogP) is 0.340. The first-order valence-electron chi connectivity index (χ1n) is 7.38. The summed E-state index contributed by atoms with van der Waals surface area (Å²) in [5.41, 5.74) is 0.782. The van der Waals surface area contributed by atoms with Gasteiger partial charge in [-0.05, 0) is 19.4 Å². The van der Waals surface area contributed by atoms with Crippen LogP contribution >= 0.6 is 0 Å². The molecule has 2 amide bonds. The summed E-state index contributed by atoms with van der Waals surface area (Å²) in [5, 5.41) is 14.3. The van der Waals surface area contributed by atoms with Crippen LogP contribution in [-0.4, -0.2) is 48.4 Å². The van der Waals surface area contributed by atoms with E-state index in [0.29, 0.717) is 0 Å². The normalized spacial score (nSPS) is 14.0. The average molecular weight is 338 g/mol. The van der Waals surface area contributed by atoms with Crippen molar-refractivity contribution in [3.63, 3.8) is 0 Å². The van der Waals surface area contributed by atoms with Gasteiger partial charge >= 0.3 is 12.1 Å². The zero-order valence-corrected chi connectivity index (χ0v) is 13.8. The maximum Gasteiger partial charge on any atom is 0.408 e. The van der Waals surface area contributed by atoms with Crippen LogP contribution in [-0.2, 0) is 25.7 Å². The molecule has 8 heteroatoms. The van der Waals surface area contributed by atoms with Gasteiger partial charge in [0, 0.05) is 0 Å². The van der Waals surface area contributed by atoms with E-state index in [9.17, 15) is 19.5 Å². The number of alkyl carbamates (subject to hydrolysis) is 1. The van der Waals surface area contributed by atoms with E-state index in [1.54, 1.807) is 24.3 Å². The zero-order chi connectivity index (χ0) is 18.1. The number of carbonyl (C=O) groups excluding carboxylic acids is 3. The molecule has 24 heavy (non-hydrogen) atoms. The summed E-state index contributed by atoms with van der Waals surface area (Å²) >= 11 is 0. The molecule has 0 radical (unpaired) electrons. The molecule has 0 aliphatic heterocycles. The summed E-state index contributed by atoms with van der Waals surface area (Å²) in [5.74, 6) is -1.36. The highest BCUT2D eigenvalue weighted by Crippen LogP contribution is 2.02. The predicted molar refractivity (Wildman–Crippen MR) is 84.9 cm³/mol. The highest BCUT2D eigenvalue weighted by Gasteiger charge is 2.28. The summed E-state index contributed by atoms with van der Waals surface area (Å²) in [4.78, 5) is 35.2. The molecule has 1 rings (SSSR count). The minimum Gasteiger partial charge on any atom is -0.467 e. The van der Waals surface area contributed by atoms with E-state index in [2.05, 4.69) is 15.4 Å². The molecule has 1 aromatic carbocycles. The molecule has 0 aliphatic carbocycles. The molecular formula is C16H22N2O6. The number of aliphatic hydroxyl groups is 1. The number of hydrogen-bond acceptors (Lipinski definition) is 6. The molecule has 0 unspecified atom stereocenters. The quantitative estimate of drug-likeness (QED) is 0.618. The third-order valence-electron chi connectivity index (χ3n) is 3.16. The number of esters is 1. The number of hydrogen-bond donors (Lipinski definition) is 3. The summed E-state index contributed by atoms with van der Waals surface area (Å²) in [6.45, 7) is 2.79. The fourth-order valence-corrected chi connectivity index (χ4v) is 1.84. The molecule has 3 atom stereocenters. The Balaban J connectivity index is 2.56. The van der Waals surface area contributed by atoms with Gasteiger partial charge in [-0.3, -0.25) is 4.79 Å². The number of nitrogens with one attached hydrogen (secondary N) is 2. The highest BCUT2D eigenvalue weighted by molar-refractivity contribution is 5.89. The van der Waals surface area contributed by atoms with Crippen LogP contribution in [0.3, 0.4) is 0 Å². The summed E-state index contributed by atoms with van der Waals surface area (Å²) in [6.07, 6.45) is -2.04. The van der Waals surface area contributed by atoms with E-state index < -0.39 is 36.2 Å². The lowest BCUT2D eigenvalue weighted by molar-refractivity contribution is -0.145. The molecular weight excluding hydrogens is 316 g/mol. The van der Waals surface area contributed by atoms with E-state index in [1.807, 2.05) is 6.07 Å². The molecule has 132 valence electrons. The Bertz CT molecular complexity index is 561. The second kappa shape index (κ2) is 9.51. The molecule has 0 aromatic heterocycles. The van der Waals surface area contributed by atoms with Crippen LogP contribution in [0.15, 0.2) is 30.3 Å². The molecule has 8 nitrogen and oxygen atoms in total. The van der Waals surface area contributed by atoms with E-state index in [4.69, 9.17) is 4.74 Å². The van der Waals surface area contributed by atoms with E-state index in [-0.39, 0.29) is 6.61 Å². The van der Waals surface area contributed by atoms with Gasteiger partial charge in [-0.15, -0.1) is 0 Å². The fourth-order valence-electron chi connectivity index (χ4n) is 1.84. The first kappa shape index (κ1) is 19.4. The van der Waals surface area contributed by atoms with Crippen LogP contribution in [0.1, 0.15) is 19.4 Å². The number of aliphatic hydroxyl groups excluding tert-OH is 1. The van der Waals surface area contributed by atoms with Crippen LogP contribution < -0.4 is 10.6 Å². The lowest BCUT2D eigenvalue weighted by atomic mass is 10.1. The molecule has 0 heterocycles. The summed E-state index contributed by atoms with van der Waals surface area (Å²) < 4.78 is 9.49. The zero-order valence-electron chi connectivity index (χ0n) is 13.8. The number of methoxy groups -OCH3 is 1. The molecule has 0 saturated carbocycles. The number of benzene rings is 1. The van der Waals surface area contributed by atoms with Crippen molar-refractivity contribution in [2.24, 2.45) is 0 Å². The number of ether oxygens (including phenoxy) is 2. The minimum atomic E-state index is -1.26. The Hall–Kier alpha value is -2.61. The fraction of sp³-hybridized carbons (Fsp3) is 0.438. The second-order valence-electron chi connectivity index (χ2n) is 5.18. The van der Waals surface area contributed by atoms with E-state index >= 15 is 0 Å². The lowest BCUT2D eigenvalue weighted by Crippen LogP contribution is -2.55. The Morgan fingerprint density at radius 3 is 2.29 bits per heavy atom. The van der Waals surface area contributed by atoms with Gasteiger partial charge in [0.15, 0.2) is 0 Å². The Morgan fingerprint density at radius 2 is 1.75 bits per heavy atom. The molecule has 0 fully saturated rings. The maximum absolute atomic E-state index is 12.1. The van der Waals surface area contributed by atoms with Gasteiger partial charge in [-0.1, -0.05) is 30.3 Å². The van der Waals surface area contributed by atoms with Gasteiger partial charge < -0.3 is 25.2 Å². The van der Waals surface area contributed by atoms with Crippen LogP contribution in [0.5, 0.6) is 0 Å². The third kappa shape index (κ3) is 6.25. The van der Waals surface area contributed by atoms with E-state index in [0.717, 1.165) is 5.56 Å². The van der Waals surface area contributed by atoms with Crippen molar-refractivity contribution in [3.05, 3.63) is 35.9 Å². The van der Waals surface area contributed by atoms with Crippen molar-refractivity contribution >= 4 is 18.0 Å². The largest absolute Gasteiger partial charge is 0.467 e. The van der Waals surface area contributed by atoms with Crippen LogP contribution in [0.4, 0.5) is 4.79 Å². The lowest BCUT2D eigenvalue weighted by Gasteiger charge is -2.22. The average Bonchev–Trinajstić information content (AvgIpc) is 2.57. The van der Waals surface area contributed by atoms with Gasteiger partial charge in [-0.2, -0.15) is 0 Å². The van der Waals surface area contributed by atoms with Gasteiger partial charge in [0.1, 0.15) is 18.7 Å². The molecule has 1 aromatic rings. The van der Waals surface area contributed by atoms with Crippen molar-refractivity contribution in [2.45, 2.75) is 38.6 Å². The first-order chi connectivity index (χ1) is 11.3. The van der Waals surface area contributed by atoms with Crippen molar-refractivity contribution in [1.29, 1.82) is 0 Å². The number of amides is 2. The van der Waals surface area contributed by atoms with Crippen LogP contribution in [0, 0.1) is 0 Å². The van der Waals surface area contributed by atoms with Crippen molar-refractivity contribution < 1.29 is 29.0 Å². The van der Waals surface area contributed by atoms with Crippen molar-refractivity contribution in [1.82, 2.24) is 10.6 Å². The Labute approximate surface area is 140 Å². The van der Waals surface area contributed by atoms with Gasteiger partial charge in [0.05, 0.1) is 13.2 Å². The van der Waals surface area contributed by atoms with Crippen LogP contribution in [0.2, 0.25) is 0 Å². The molecule has 0 aliphatic rings. The number of rotatable bonds is 7. The van der Waals surface area contributed by atoms with E-state index in [1.165, 1.54) is 21.0 Å². The monoisotopic (exact) mass is 338 g/mol. The summed E-state index contributed by atoms with van der Waals surface area (Å²) in [6, 6.07) is 6.83. The maximum atomic E-state index is 12.1. The SMILES string of the molecule is COC(=O)[C@H](C)NC(=O)[C@@H](NC(=O)OCc1ccccc1)[C@@H](C)O. The molecule has 0 spiro atoms. The standard InChI is InChI=1S/C16H22N2O6/c1-10(15(21)23-3)17-14(20)13(11(2)19)18-16(22)24-9-12-7-5-4-6-8-12/h4-8,10-11,13,19H,9H2,1-3H3,(H,17,20)(H,18,22)/t10-,11+,13-/m0/s1. The van der Waals surface area contributed by atoms with Crippen LogP contribution in [0.25, 0.3) is 0 Å². The summed E-state index contributed by atoms with van der Waals surface area (Å²) in [7, 11) is 1.19. The molecule has 0 bridgehead atoms. The van der Waals surface area contributed by atoms with Gasteiger partial charge in [0.25, 0.3) is 0 Å². The minimum absolute atomic E-state index is 0.0272. The Kier molecular flexibility index (Phi) is 7.70. The van der Waals surface area contributed by atoms with Gasteiger partial charge in [0.2, 0.25) is 5.91 Å². The molecule has 3 N–H and O–H groups in total. The topological polar surface area (TPSA) is 114 Å². The first-order valence-corrected chi connectivity index (χ1v) is 7.38.